The fourth-order valence-electron chi connectivity index (χ4n) is 1.48. The molecule has 1 heterocycles. The van der Waals surface area contributed by atoms with Crippen molar-refractivity contribution in [2.75, 3.05) is 5.32 Å². The second-order valence-electron chi connectivity index (χ2n) is 3.92. The van der Waals surface area contributed by atoms with Crippen LogP contribution >= 0.6 is 15.9 Å². The molecule has 0 saturated carbocycles. The fourth-order valence-corrected chi connectivity index (χ4v) is 1.73. The average Bonchev–Trinajstić information content (AvgIpc) is 2.69. The smallest absolute Gasteiger partial charge is 0.232 e. The van der Waals surface area contributed by atoms with Crippen LogP contribution in [0.2, 0.25) is 0 Å². The molecule has 18 heavy (non-hydrogen) atoms. The van der Waals surface area contributed by atoms with Crippen LogP contribution in [0, 0.1) is 13.8 Å². The van der Waals surface area contributed by atoms with E-state index in [1.807, 2.05) is 25.1 Å². The van der Waals surface area contributed by atoms with Gasteiger partial charge in [-0.05, 0) is 30.7 Å². The number of hydrogen-bond donors (Lipinski definition) is 1. The molecule has 0 atom stereocenters. The van der Waals surface area contributed by atoms with E-state index < -0.39 is 0 Å². The molecule has 1 N–H and O–H groups in total. The standard InChI is InChI=1S/C12H12BrN3O2/c1-7-5-9(3-4-10(7)13)15-12(17)6-11-14-8(2)18-16-11/h3-5H,6H2,1-2H3,(H,15,17). The molecule has 2 rings (SSSR count). The molecular formula is C12H12BrN3O2. The second-order valence-corrected chi connectivity index (χ2v) is 4.77. The normalized spacial score (nSPS) is 10.4. The SMILES string of the molecule is Cc1nc(CC(=O)Nc2ccc(Br)c(C)c2)no1. The largest absolute Gasteiger partial charge is 0.340 e. The Morgan fingerprint density at radius 3 is 2.83 bits per heavy atom. The van der Waals surface area contributed by atoms with E-state index in [-0.39, 0.29) is 12.3 Å². The molecule has 1 aromatic carbocycles. The number of nitrogens with one attached hydrogen (secondary N) is 1. The third-order valence-electron chi connectivity index (χ3n) is 2.33. The highest BCUT2D eigenvalue weighted by Crippen LogP contribution is 2.20. The highest BCUT2D eigenvalue weighted by atomic mass is 79.9. The van der Waals surface area contributed by atoms with Gasteiger partial charge in [-0.25, -0.2) is 0 Å². The van der Waals surface area contributed by atoms with Crippen molar-refractivity contribution in [2.24, 2.45) is 0 Å². The van der Waals surface area contributed by atoms with E-state index in [0.29, 0.717) is 11.7 Å². The zero-order chi connectivity index (χ0) is 13.1. The lowest BCUT2D eigenvalue weighted by Crippen LogP contribution is -2.15. The molecule has 0 spiro atoms. The van der Waals surface area contributed by atoms with Gasteiger partial charge in [0.25, 0.3) is 0 Å². The van der Waals surface area contributed by atoms with E-state index in [0.717, 1.165) is 15.7 Å². The molecule has 2 aromatic rings. The number of rotatable bonds is 3. The van der Waals surface area contributed by atoms with Gasteiger partial charge in [0.05, 0.1) is 6.42 Å². The maximum Gasteiger partial charge on any atom is 0.232 e. The van der Waals surface area contributed by atoms with E-state index in [1.165, 1.54) is 0 Å². The van der Waals surface area contributed by atoms with Crippen molar-refractivity contribution >= 4 is 27.5 Å². The molecule has 0 aliphatic carbocycles. The topological polar surface area (TPSA) is 68.0 Å². The summed E-state index contributed by atoms with van der Waals surface area (Å²) in [6.45, 7) is 3.65. The van der Waals surface area contributed by atoms with E-state index in [1.54, 1.807) is 6.92 Å². The molecule has 0 fully saturated rings. The first-order valence-corrected chi connectivity index (χ1v) is 6.19. The fraction of sp³-hybridized carbons (Fsp3) is 0.250. The lowest BCUT2D eigenvalue weighted by molar-refractivity contribution is -0.115. The molecule has 0 aliphatic rings. The van der Waals surface area contributed by atoms with Crippen molar-refractivity contribution in [3.63, 3.8) is 0 Å². The predicted molar refractivity (Wildman–Crippen MR) is 70.2 cm³/mol. The van der Waals surface area contributed by atoms with Crippen molar-refractivity contribution in [1.29, 1.82) is 0 Å². The number of halogens is 1. The van der Waals surface area contributed by atoms with Crippen LogP contribution < -0.4 is 5.32 Å². The number of anilines is 1. The maximum atomic E-state index is 11.7. The number of amides is 1. The van der Waals surface area contributed by atoms with Gasteiger partial charge in [0.1, 0.15) is 0 Å². The van der Waals surface area contributed by atoms with E-state index >= 15 is 0 Å². The molecule has 0 saturated heterocycles. The monoisotopic (exact) mass is 309 g/mol. The van der Waals surface area contributed by atoms with Crippen LogP contribution in [0.4, 0.5) is 5.69 Å². The zero-order valence-corrected chi connectivity index (χ0v) is 11.6. The van der Waals surface area contributed by atoms with Gasteiger partial charge in [0, 0.05) is 17.1 Å². The number of carbonyl (C=O) groups excluding carboxylic acids is 1. The Bertz CT molecular complexity index is 580. The van der Waals surface area contributed by atoms with Crippen molar-refractivity contribution in [2.45, 2.75) is 20.3 Å². The van der Waals surface area contributed by atoms with Crippen LogP contribution in [0.15, 0.2) is 27.2 Å². The minimum absolute atomic E-state index is 0.104. The summed E-state index contributed by atoms with van der Waals surface area (Å²) >= 11 is 3.41. The molecule has 94 valence electrons. The third kappa shape index (κ3) is 3.16. The molecule has 0 aliphatic heterocycles. The number of nitrogens with zero attached hydrogens (tertiary/aromatic N) is 2. The van der Waals surface area contributed by atoms with E-state index in [4.69, 9.17) is 4.52 Å². The van der Waals surface area contributed by atoms with Gasteiger partial charge < -0.3 is 9.84 Å². The predicted octanol–water partition coefficient (Wildman–Crippen LogP) is 2.63. The van der Waals surface area contributed by atoms with Gasteiger partial charge in [-0.15, -0.1) is 0 Å². The van der Waals surface area contributed by atoms with Crippen molar-refractivity contribution in [3.05, 3.63) is 40.0 Å². The summed E-state index contributed by atoms with van der Waals surface area (Å²) in [6, 6.07) is 5.61. The van der Waals surface area contributed by atoms with E-state index in [2.05, 4.69) is 31.4 Å². The Morgan fingerprint density at radius 2 is 2.22 bits per heavy atom. The average molecular weight is 310 g/mol. The Hall–Kier alpha value is -1.69. The number of hydrogen-bond acceptors (Lipinski definition) is 4. The molecule has 1 aromatic heterocycles. The second kappa shape index (κ2) is 5.30. The van der Waals surface area contributed by atoms with Crippen LogP contribution in [0.5, 0.6) is 0 Å². The first-order valence-electron chi connectivity index (χ1n) is 5.40. The Labute approximate surface area is 113 Å². The zero-order valence-electron chi connectivity index (χ0n) is 10.0. The van der Waals surface area contributed by atoms with Crippen LogP contribution in [-0.2, 0) is 11.2 Å². The van der Waals surface area contributed by atoms with Gasteiger partial charge in [0.2, 0.25) is 11.8 Å². The summed E-state index contributed by atoms with van der Waals surface area (Å²) in [4.78, 5) is 15.7. The van der Waals surface area contributed by atoms with Gasteiger partial charge in [0.15, 0.2) is 5.82 Å². The lowest BCUT2D eigenvalue weighted by atomic mass is 10.2. The molecule has 6 heteroatoms. The van der Waals surface area contributed by atoms with Crippen LogP contribution in [0.25, 0.3) is 0 Å². The summed E-state index contributed by atoms with van der Waals surface area (Å²) in [7, 11) is 0. The van der Waals surface area contributed by atoms with E-state index in [9.17, 15) is 4.79 Å². The van der Waals surface area contributed by atoms with Crippen molar-refractivity contribution < 1.29 is 9.32 Å². The molecule has 0 unspecified atom stereocenters. The molecule has 1 amide bonds. The quantitative estimate of drug-likeness (QED) is 0.946. The third-order valence-corrected chi connectivity index (χ3v) is 3.22. The maximum absolute atomic E-state index is 11.7. The van der Waals surface area contributed by atoms with Gasteiger partial charge >= 0.3 is 0 Å². The van der Waals surface area contributed by atoms with Crippen molar-refractivity contribution in [1.82, 2.24) is 10.1 Å². The number of benzene rings is 1. The summed E-state index contributed by atoms with van der Waals surface area (Å²) in [5.74, 6) is 0.675. The summed E-state index contributed by atoms with van der Waals surface area (Å²) in [6.07, 6.45) is 0.104. The Balaban J connectivity index is 2.00. The highest BCUT2D eigenvalue weighted by Gasteiger charge is 2.09. The number of aryl methyl sites for hydroxylation is 2. The first-order chi connectivity index (χ1) is 8.54. The van der Waals surface area contributed by atoms with Gasteiger partial charge in [-0.1, -0.05) is 21.1 Å². The molecular weight excluding hydrogens is 298 g/mol. The minimum Gasteiger partial charge on any atom is -0.340 e. The first kappa shape index (κ1) is 12.8. The van der Waals surface area contributed by atoms with Crippen molar-refractivity contribution in [3.8, 4) is 0 Å². The lowest BCUT2D eigenvalue weighted by Gasteiger charge is -2.05. The summed E-state index contributed by atoms with van der Waals surface area (Å²) in [5, 5.41) is 6.46. The van der Waals surface area contributed by atoms with Crippen LogP contribution in [-0.4, -0.2) is 16.0 Å². The summed E-state index contributed by atoms with van der Waals surface area (Å²) < 4.78 is 5.81. The Morgan fingerprint density at radius 1 is 1.44 bits per heavy atom. The van der Waals surface area contributed by atoms with Gasteiger partial charge in [-0.3, -0.25) is 4.79 Å². The highest BCUT2D eigenvalue weighted by molar-refractivity contribution is 9.10. The molecule has 0 radical (unpaired) electrons. The minimum atomic E-state index is -0.169. The van der Waals surface area contributed by atoms with Crippen LogP contribution in [0.1, 0.15) is 17.3 Å². The van der Waals surface area contributed by atoms with Crippen LogP contribution in [0.3, 0.4) is 0 Å². The van der Waals surface area contributed by atoms with Gasteiger partial charge in [-0.2, -0.15) is 4.98 Å². The molecule has 5 nitrogen and oxygen atoms in total. The number of aromatic nitrogens is 2. The number of carbonyl (C=O) groups is 1. The summed E-state index contributed by atoms with van der Waals surface area (Å²) in [5.41, 5.74) is 1.81. The Kier molecular flexibility index (Phi) is 3.76. The molecule has 0 bridgehead atoms.